The molecule has 0 bridgehead atoms. The maximum absolute atomic E-state index is 13.1. The number of aliphatic hydroxyl groups is 1. The van der Waals surface area contributed by atoms with Crippen LogP contribution in [-0.4, -0.2) is 46.6 Å². The fraction of sp³-hybridized carbons (Fsp3) is 0.889. The summed E-state index contributed by atoms with van der Waals surface area (Å²) in [5.41, 5.74) is -0.183. The maximum atomic E-state index is 13.1. The molecule has 23 heavy (non-hydrogen) atoms. The summed E-state index contributed by atoms with van der Waals surface area (Å²) in [7, 11) is 0. The molecule has 1 aliphatic carbocycles. The molecule has 2 rings (SSSR count). The van der Waals surface area contributed by atoms with Crippen LogP contribution < -0.4 is 5.32 Å². The number of hydrogen-bond donors (Lipinski definition) is 2. The number of likely N-dealkylation sites (tertiary alicyclic amines) is 1. The molecular weight excluding hydrogens is 292 g/mol. The Morgan fingerprint density at radius 3 is 2.35 bits per heavy atom. The summed E-state index contributed by atoms with van der Waals surface area (Å²) < 4.78 is 0. The highest BCUT2D eigenvalue weighted by Crippen LogP contribution is 2.65. The van der Waals surface area contributed by atoms with Gasteiger partial charge in [0.1, 0.15) is 6.23 Å². The van der Waals surface area contributed by atoms with E-state index in [-0.39, 0.29) is 34.5 Å². The van der Waals surface area contributed by atoms with Crippen LogP contribution in [0.15, 0.2) is 0 Å². The van der Waals surface area contributed by atoms with E-state index < -0.39 is 12.3 Å². The summed E-state index contributed by atoms with van der Waals surface area (Å²) in [6.07, 6.45) is -0.310. The molecule has 2 unspecified atom stereocenters. The Kier molecular flexibility index (Phi) is 4.68. The highest BCUT2D eigenvalue weighted by Gasteiger charge is 2.69. The van der Waals surface area contributed by atoms with Crippen molar-refractivity contribution in [3.63, 3.8) is 0 Å². The van der Waals surface area contributed by atoms with E-state index >= 15 is 0 Å². The lowest BCUT2D eigenvalue weighted by Crippen LogP contribution is -2.58. The summed E-state index contributed by atoms with van der Waals surface area (Å²) in [5.74, 6) is 0.791. The van der Waals surface area contributed by atoms with E-state index in [1.54, 1.807) is 11.8 Å². The standard InChI is InChI=1S/C18H32N2O3/c1-8-12(22)14-13-11(18(13,6)7)9-20(14)16(23)15(17(3,4)5)19-10(2)21/h10-11,13-15,19,21H,8-9H2,1-7H3/t10?,11-,13?,14+,15+/m0/s1. The number of amides is 1. The zero-order chi connectivity index (χ0) is 17.7. The highest BCUT2D eigenvalue weighted by molar-refractivity contribution is 5.92. The quantitative estimate of drug-likeness (QED) is 0.757. The molecule has 0 aromatic rings. The summed E-state index contributed by atoms with van der Waals surface area (Å²) in [6, 6.07) is -0.802. The minimum absolute atomic E-state index is 0.0619. The van der Waals surface area contributed by atoms with Crippen LogP contribution in [0.25, 0.3) is 0 Å². The minimum Gasteiger partial charge on any atom is -0.379 e. The van der Waals surface area contributed by atoms with Crippen molar-refractivity contribution in [2.45, 2.75) is 73.2 Å². The fourth-order valence-electron chi connectivity index (χ4n) is 4.19. The lowest BCUT2D eigenvalue weighted by Gasteiger charge is -2.38. The predicted octanol–water partition coefficient (Wildman–Crippen LogP) is 1.79. The van der Waals surface area contributed by atoms with Crippen LogP contribution in [0.4, 0.5) is 0 Å². The molecule has 2 N–H and O–H groups in total. The predicted molar refractivity (Wildman–Crippen MR) is 89.6 cm³/mol. The maximum Gasteiger partial charge on any atom is 0.240 e. The number of piperidine rings is 1. The van der Waals surface area contributed by atoms with Gasteiger partial charge < -0.3 is 10.0 Å². The number of ketones is 1. The lowest BCUT2D eigenvalue weighted by molar-refractivity contribution is -0.144. The molecule has 5 nitrogen and oxygen atoms in total. The molecule has 0 radical (unpaired) electrons. The second-order valence-electron chi connectivity index (χ2n) is 8.85. The van der Waals surface area contributed by atoms with Gasteiger partial charge in [0.05, 0.1) is 12.1 Å². The van der Waals surface area contributed by atoms with Crippen LogP contribution in [0.3, 0.4) is 0 Å². The van der Waals surface area contributed by atoms with E-state index in [0.29, 0.717) is 18.9 Å². The average Bonchev–Trinajstić information content (AvgIpc) is 2.80. The van der Waals surface area contributed by atoms with E-state index in [1.807, 2.05) is 27.7 Å². The zero-order valence-corrected chi connectivity index (χ0v) is 15.5. The van der Waals surface area contributed by atoms with Gasteiger partial charge in [-0.25, -0.2) is 0 Å². The van der Waals surface area contributed by atoms with Gasteiger partial charge in [-0.1, -0.05) is 41.5 Å². The van der Waals surface area contributed by atoms with Crippen molar-refractivity contribution in [3.05, 3.63) is 0 Å². The number of Topliss-reactive ketones (excluding diaryl/α,β-unsaturated/α-hetero) is 1. The zero-order valence-electron chi connectivity index (χ0n) is 15.5. The molecule has 1 heterocycles. The Labute approximate surface area is 139 Å². The molecule has 132 valence electrons. The Balaban J connectivity index is 2.25. The number of fused-ring (bicyclic) bond motifs is 1. The fourth-order valence-corrected chi connectivity index (χ4v) is 4.19. The third-order valence-electron chi connectivity index (χ3n) is 5.69. The van der Waals surface area contributed by atoms with E-state index in [0.717, 1.165) is 0 Å². The molecule has 1 saturated carbocycles. The van der Waals surface area contributed by atoms with Crippen molar-refractivity contribution in [1.82, 2.24) is 10.2 Å². The summed E-state index contributed by atoms with van der Waals surface area (Å²) in [4.78, 5) is 27.4. The number of rotatable bonds is 5. The van der Waals surface area contributed by atoms with Gasteiger partial charge in [0.2, 0.25) is 5.91 Å². The first kappa shape index (κ1) is 18.4. The van der Waals surface area contributed by atoms with Crippen LogP contribution in [0.5, 0.6) is 0 Å². The van der Waals surface area contributed by atoms with Gasteiger partial charge in [-0.15, -0.1) is 0 Å². The topological polar surface area (TPSA) is 69.6 Å². The van der Waals surface area contributed by atoms with Crippen molar-refractivity contribution in [1.29, 1.82) is 0 Å². The van der Waals surface area contributed by atoms with Gasteiger partial charge in [-0.2, -0.15) is 0 Å². The molecule has 2 fully saturated rings. The van der Waals surface area contributed by atoms with Crippen molar-refractivity contribution in [2.24, 2.45) is 22.7 Å². The van der Waals surface area contributed by atoms with Crippen LogP contribution in [0.1, 0.15) is 54.9 Å². The number of carbonyl (C=O) groups excluding carboxylic acids is 2. The van der Waals surface area contributed by atoms with Gasteiger partial charge in [-0.3, -0.25) is 14.9 Å². The summed E-state index contributed by atoms with van der Waals surface area (Å²) >= 11 is 0. The molecule has 5 atom stereocenters. The van der Waals surface area contributed by atoms with Gasteiger partial charge in [0.25, 0.3) is 0 Å². The number of carbonyl (C=O) groups is 2. The van der Waals surface area contributed by atoms with E-state index in [1.165, 1.54) is 0 Å². The largest absolute Gasteiger partial charge is 0.379 e. The first-order valence-electron chi connectivity index (χ1n) is 8.70. The second kappa shape index (κ2) is 5.85. The first-order valence-corrected chi connectivity index (χ1v) is 8.70. The van der Waals surface area contributed by atoms with Gasteiger partial charge in [-0.05, 0) is 29.6 Å². The Hall–Kier alpha value is -0.940. The molecule has 0 aromatic heterocycles. The van der Waals surface area contributed by atoms with Crippen LogP contribution in [0.2, 0.25) is 0 Å². The number of hydrogen-bond acceptors (Lipinski definition) is 4. The molecule has 1 amide bonds. The van der Waals surface area contributed by atoms with E-state index in [4.69, 9.17) is 0 Å². The molecule has 2 aliphatic rings. The number of nitrogens with zero attached hydrogens (tertiary/aromatic N) is 1. The molecule has 0 aromatic carbocycles. The van der Waals surface area contributed by atoms with Crippen LogP contribution in [-0.2, 0) is 9.59 Å². The Morgan fingerprint density at radius 2 is 1.91 bits per heavy atom. The third kappa shape index (κ3) is 3.18. The number of nitrogens with one attached hydrogen (secondary N) is 1. The smallest absolute Gasteiger partial charge is 0.240 e. The monoisotopic (exact) mass is 324 g/mol. The average molecular weight is 324 g/mol. The van der Waals surface area contributed by atoms with Crippen molar-refractivity contribution in [2.75, 3.05) is 6.54 Å². The van der Waals surface area contributed by atoms with Crippen LogP contribution >= 0.6 is 0 Å². The van der Waals surface area contributed by atoms with Gasteiger partial charge in [0, 0.05) is 13.0 Å². The highest BCUT2D eigenvalue weighted by atomic mass is 16.3. The summed E-state index contributed by atoms with van der Waals surface area (Å²) in [5, 5.41) is 12.7. The second-order valence-corrected chi connectivity index (χ2v) is 8.85. The third-order valence-corrected chi connectivity index (χ3v) is 5.69. The molecule has 1 aliphatic heterocycles. The normalized spacial score (nSPS) is 31.5. The van der Waals surface area contributed by atoms with Crippen molar-refractivity contribution in [3.8, 4) is 0 Å². The molecule has 0 spiro atoms. The van der Waals surface area contributed by atoms with Gasteiger partial charge >= 0.3 is 0 Å². The van der Waals surface area contributed by atoms with Gasteiger partial charge in [0.15, 0.2) is 5.78 Å². The minimum atomic E-state index is -0.767. The molecule has 5 heteroatoms. The lowest BCUT2D eigenvalue weighted by atomic mass is 9.85. The summed E-state index contributed by atoms with van der Waals surface area (Å²) in [6.45, 7) is 14.4. The van der Waals surface area contributed by atoms with E-state index in [9.17, 15) is 14.7 Å². The number of aliphatic hydroxyl groups excluding tert-OH is 1. The molecule has 1 saturated heterocycles. The SMILES string of the molecule is CCC(=O)[C@@H]1C2[C@H](CN1C(=O)[C@@H](NC(C)O)C(C)(C)C)C2(C)C. The molecular formula is C18H32N2O3. The van der Waals surface area contributed by atoms with E-state index in [2.05, 4.69) is 19.2 Å². The Morgan fingerprint density at radius 1 is 1.35 bits per heavy atom. The van der Waals surface area contributed by atoms with Crippen molar-refractivity contribution < 1.29 is 14.7 Å². The van der Waals surface area contributed by atoms with Crippen LogP contribution in [0, 0.1) is 22.7 Å². The first-order chi connectivity index (χ1) is 10.4. The Bertz CT molecular complexity index is 493. The van der Waals surface area contributed by atoms with Crippen molar-refractivity contribution >= 4 is 11.7 Å².